The molecule has 2 saturated carbocycles. The third-order valence-electron chi connectivity index (χ3n) is 4.83. The molecule has 94 valence electrons. The highest BCUT2D eigenvalue weighted by atomic mass is 19.3. The van der Waals surface area contributed by atoms with Gasteiger partial charge in [0.2, 0.25) is 5.92 Å². The molecule has 0 amide bonds. The van der Waals surface area contributed by atoms with Gasteiger partial charge in [0.05, 0.1) is 0 Å². The van der Waals surface area contributed by atoms with Crippen LogP contribution in [0.25, 0.3) is 0 Å². The van der Waals surface area contributed by atoms with Gasteiger partial charge < -0.3 is 5.73 Å². The number of rotatable bonds is 2. The lowest BCUT2D eigenvalue weighted by Gasteiger charge is -2.54. The molecule has 0 aromatic rings. The highest BCUT2D eigenvalue weighted by Gasteiger charge is 2.59. The predicted octanol–water partition coefficient (Wildman–Crippen LogP) is 3.58. The molecule has 0 spiro atoms. The van der Waals surface area contributed by atoms with E-state index in [9.17, 15) is 8.78 Å². The van der Waals surface area contributed by atoms with E-state index in [1.54, 1.807) is 0 Å². The molecule has 0 aliphatic heterocycles. The van der Waals surface area contributed by atoms with Crippen molar-refractivity contribution in [2.45, 2.75) is 58.3 Å². The Labute approximate surface area is 96.8 Å². The molecule has 1 nitrogen and oxygen atoms in total. The maximum Gasteiger partial charge on any atom is 0.249 e. The lowest BCUT2D eigenvalue weighted by Crippen LogP contribution is -2.55. The Hall–Kier alpha value is -0.180. The summed E-state index contributed by atoms with van der Waals surface area (Å²) in [6.07, 6.45) is 4.54. The van der Waals surface area contributed by atoms with E-state index in [1.807, 2.05) is 0 Å². The van der Waals surface area contributed by atoms with Gasteiger partial charge in [-0.05, 0) is 49.0 Å². The van der Waals surface area contributed by atoms with Crippen LogP contribution in [0, 0.1) is 16.7 Å². The SMILES string of the molecule is CC1(C)CCC(C2(CN)CC(F)(F)C2)CC1. The summed E-state index contributed by atoms with van der Waals surface area (Å²) in [5, 5.41) is 0. The second-order valence-corrected chi connectivity index (χ2v) is 6.71. The fraction of sp³-hybridized carbons (Fsp3) is 1.00. The van der Waals surface area contributed by atoms with Gasteiger partial charge in [-0.2, -0.15) is 0 Å². The second kappa shape index (κ2) is 3.66. The van der Waals surface area contributed by atoms with Crippen molar-refractivity contribution >= 4 is 0 Å². The van der Waals surface area contributed by atoms with Gasteiger partial charge in [0, 0.05) is 12.8 Å². The summed E-state index contributed by atoms with van der Waals surface area (Å²) in [7, 11) is 0. The first-order valence-corrected chi connectivity index (χ1v) is 6.37. The fourth-order valence-corrected chi connectivity index (χ4v) is 3.59. The van der Waals surface area contributed by atoms with Crippen LogP contribution in [0.5, 0.6) is 0 Å². The zero-order valence-electron chi connectivity index (χ0n) is 10.4. The van der Waals surface area contributed by atoms with Crippen molar-refractivity contribution < 1.29 is 8.78 Å². The molecular weight excluding hydrogens is 208 g/mol. The number of halogens is 2. The van der Waals surface area contributed by atoms with Crippen LogP contribution in [0.15, 0.2) is 0 Å². The van der Waals surface area contributed by atoms with E-state index in [-0.39, 0.29) is 18.3 Å². The molecule has 0 heterocycles. The Balaban J connectivity index is 1.98. The third kappa shape index (κ3) is 2.11. The van der Waals surface area contributed by atoms with Crippen LogP contribution in [0.2, 0.25) is 0 Å². The molecule has 2 N–H and O–H groups in total. The second-order valence-electron chi connectivity index (χ2n) is 6.71. The van der Waals surface area contributed by atoms with Crippen molar-refractivity contribution in [2.75, 3.05) is 6.54 Å². The summed E-state index contributed by atoms with van der Waals surface area (Å²) in [4.78, 5) is 0. The zero-order valence-corrected chi connectivity index (χ0v) is 10.4. The summed E-state index contributed by atoms with van der Waals surface area (Å²) >= 11 is 0. The van der Waals surface area contributed by atoms with Crippen molar-refractivity contribution in [3.63, 3.8) is 0 Å². The van der Waals surface area contributed by atoms with Gasteiger partial charge in [-0.25, -0.2) is 8.78 Å². The molecule has 3 heteroatoms. The quantitative estimate of drug-likeness (QED) is 0.772. The molecule has 2 aliphatic rings. The van der Waals surface area contributed by atoms with Gasteiger partial charge in [-0.1, -0.05) is 13.8 Å². The third-order valence-corrected chi connectivity index (χ3v) is 4.83. The molecule has 0 aromatic heterocycles. The molecule has 0 radical (unpaired) electrons. The largest absolute Gasteiger partial charge is 0.330 e. The number of hydrogen-bond donors (Lipinski definition) is 1. The maximum atomic E-state index is 13.1. The average Bonchev–Trinajstić information content (AvgIpc) is 2.13. The van der Waals surface area contributed by atoms with Crippen LogP contribution in [0.4, 0.5) is 8.78 Å². The summed E-state index contributed by atoms with van der Waals surface area (Å²) in [6, 6.07) is 0. The summed E-state index contributed by atoms with van der Waals surface area (Å²) in [6.45, 7) is 4.98. The highest BCUT2D eigenvalue weighted by molar-refractivity contribution is 5.04. The number of hydrogen-bond acceptors (Lipinski definition) is 1. The van der Waals surface area contributed by atoms with E-state index in [1.165, 1.54) is 0 Å². The Bertz CT molecular complexity index is 255. The molecule has 2 rings (SSSR count). The maximum absolute atomic E-state index is 13.1. The van der Waals surface area contributed by atoms with E-state index in [0.717, 1.165) is 25.7 Å². The molecule has 2 fully saturated rings. The Morgan fingerprint density at radius 1 is 1.12 bits per heavy atom. The minimum atomic E-state index is -2.44. The van der Waals surface area contributed by atoms with Crippen LogP contribution in [0.3, 0.4) is 0 Å². The number of alkyl halides is 2. The van der Waals surface area contributed by atoms with Gasteiger partial charge in [-0.3, -0.25) is 0 Å². The minimum Gasteiger partial charge on any atom is -0.330 e. The van der Waals surface area contributed by atoms with Crippen LogP contribution < -0.4 is 5.73 Å². The van der Waals surface area contributed by atoms with Crippen LogP contribution in [-0.4, -0.2) is 12.5 Å². The van der Waals surface area contributed by atoms with Gasteiger partial charge >= 0.3 is 0 Å². The lowest BCUT2D eigenvalue weighted by atomic mass is 9.54. The van der Waals surface area contributed by atoms with Crippen LogP contribution in [-0.2, 0) is 0 Å². The summed E-state index contributed by atoms with van der Waals surface area (Å²) in [5.74, 6) is -2.00. The van der Waals surface area contributed by atoms with E-state index in [2.05, 4.69) is 13.8 Å². The lowest BCUT2D eigenvalue weighted by molar-refractivity contribution is -0.185. The minimum absolute atomic E-state index is 0.0294. The van der Waals surface area contributed by atoms with Crippen molar-refractivity contribution in [3.8, 4) is 0 Å². The van der Waals surface area contributed by atoms with Gasteiger partial charge in [-0.15, -0.1) is 0 Å². The molecule has 0 bridgehead atoms. The first-order chi connectivity index (χ1) is 7.29. The highest BCUT2D eigenvalue weighted by Crippen LogP contribution is 2.59. The molecular formula is C13H23F2N. The van der Waals surface area contributed by atoms with E-state index in [4.69, 9.17) is 5.73 Å². The topological polar surface area (TPSA) is 26.0 Å². The zero-order chi connectivity index (χ0) is 12.0. The van der Waals surface area contributed by atoms with E-state index in [0.29, 0.717) is 17.9 Å². The van der Waals surface area contributed by atoms with Crippen LogP contribution in [0.1, 0.15) is 52.4 Å². The van der Waals surface area contributed by atoms with Crippen LogP contribution >= 0.6 is 0 Å². The Kier molecular flexibility index (Phi) is 2.81. The van der Waals surface area contributed by atoms with E-state index >= 15 is 0 Å². The molecule has 2 aliphatic carbocycles. The molecule has 0 atom stereocenters. The van der Waals surface area contributed by atoms with Gasteiger partial charge in [0.25, 0.3) is 0 Å². The molecule has 0 unspecified atom stereocenters. The van der Waals surface area contributed by atoms with Crippen molar-refractivity contribution in [3.05, 3.63) is 0 Å². The summed E-state index contributed by atoms with van der Waals surface area (Å²) < 4.78 is 26.1. The molecule has 16 heavy (non-hydrogen) atoms. The van der Waals surface area contributed by atoms with E-state index < -0.39 is 5.92 Å². The van der Waals surface area contributed by atoms with Crippen molar-refractivity contribution in [1.29, 1.82) is 0 Å². The fourth-order valence-electron chi connectivity index (χ4n) is 3.59. The Morgan fingerprint density at radius 3 is 2.00 bits per heavy atom. The predicted molar refractivity (Wildman–Crippen MR) is 61.4 cm³/mol. The normalized spacial score (nSPS) is 32.1. The molecule has 0 aromatic carbocycles. The van der Waals surface area contributed by atoms with Gasteiger partial charge in [0.1, 0.15) is 0 Å². The summed E-state index contributed by atoms with van der Waals surface area (Å²) in [5.41, 5.74) is 5.92. The first kappa shape index (κ1) is 12.3. The van der Waals surface area contributed by atoms with Crippen molar-refractivity contribution in [1.82, 2.24) is 0 Å². The monoisotopic (exact) mass is 231 g/mol. The Morgan fingerprint density at radius 2 is 1.62 bits per heavy atom. The first-order valence-electron chi connectivity index (χ1n) is 6.37. The van der Waals surface area contributed by atoms with Gasteiger partial charge in [0.15, 0.2) is 0 Å². The molecule has 0 saturated heterocycles. The number of nitrogens with two attached hydrogens (primary N) is 1. The smallest absolute Gasteiger partial charge is 0.249 e. The van der Waals surface area contributed by atoms with Crippen molar-refractivity contribution in [2.24, 2.45) is 22.5 Å². The standard InChI is InChI=1S/C13H23F2N/c1-11(2)5-3-10(4-6-11)12(9-16)7-13(14,15)8-12/h10H,3-9,16H2,1-2H3. The average molecular weight is 231 g/mol.